The van der Waals surface area contributed by atoms with Crippen molar-refractivity contribution >= 4 is 33.4 Å². The Morgan fingerprint density at radius 3 is 2.04 bits per heavy atom. The van der Waals surface area contributed by atoms with Gasteiger partial charge in [0.15, 0.2) is 5.82 Å². The van der Waals surface area contributed by atoms with Gasteiger partial charge >= 0.3 is 0 Å². The number of hydrogen-bond acceptors (Lipinski definition) is 3. The van der Waals surface area contributed by atoms with Crippen LogP contribution in [0.5, 0.6) is 0 Å². The minimum absolute atomic E-state index is 0.0641. The Balaban J connectivity index is 2.05. The first kappa shape index (κ1) is 8.92. The summed E-state index contributed by atoms with van der Waals surface area (Å²) in [6.45, 7) is 0. The van der Waals surface area contributed by atoms with E-state index in [9.17, 15) is 0 Å². The summed E-state index contributed by atoms with van der Waals surface area (Å²) in [5.41, 5.74) is 0.432. The van der Waals surface area contributed by atoms with Crippen molar-refractivity contribution in [1.82, 2.24) is 19.5 Å². The van der Waals surface area contributed by atoms with E-state index in [2.05, 4.69) is 15.0 Å². The van der Waals surface area contributed by atoms with Gasteiger partial charge in [-0.05, 0) is 23.7 Å². The van der Waals surface area contributed by atoms with Crippen LogP contribution >= 0.6 is 11.6 Å². The Morgan fingerprint density at radius 2 is 1.38 bits per heavy atom. The second-order valence-corrected chi connectivity index (χ2v) is 5.71. The molecule has 5 aromatic rings. The van der Waals surface area contributed by atoms with E-state index in [0.717, 1.165) is 0 Å². The van der Waals surface area contributed by atoms with Crippen LogP contribution in [0.2, 0.25) is 5.28 Å². The molecule has 3 aromatic carbocycles. The zero-order valence-electron chi connectivity index (χ0n) is 21.1. The lowest BCUT2D eigenvalue weighted by Gasteiger charge is -2.08. The van der Waals surface area contributed by atoms with Crippen molar-refractivity contribution in [3.63, 3.8) is 0 Å². The third kappa shape index (κ3) is 2.35. The summed E-state index contributed by atoms with van der Waals surface area (Å²) >= 11 is 6.20. The fourth-order valence-electron chi connectivity index (χ4n) is 2.78. The van der Waals surface area contributed by atoms with E-state index in [1.807, 2.05) is 6.07 Å². The molecule has 0 atom stereocenters. The molecule has 0 fully saturated rings. The maximum Gasteiger partial charge on any atom is 0.239 e. The highest BCUT2D eigenvalue weighted by Crippen LogP contribution is 2.31. The van der Waals surface area contributed by atoms with Crippen molar-refractivity contribution in [2.45, 2.75) is 0 Å². The van der Waals surface area contributed by atoms with Crippen LogP contribution in [0.4, 0.5) is 0 Å². The van der Waals surface area contributed by atoms with E-state index < -0.39 is 48.3 Å². The molecule has 4 nitrogen and oxygen atoms in total. The maximum atomic E-state index is 8.54. The van der Waals surface area contributed by atoms with Crippen LogP contribution in [-0.2, 0) is 0 Å². The van der Waals surface area contributed by atoms with E-state index in [-0.39, 0.29) is 38.9 Å². The zero-order chi connectivity index (χ0) is 24.5. The number of halogens is 1. The van der Waals surface area contributed by atoms with Crippen molar-refractivity contribution in [1.29, 1.82) is 0 Å². The highest BCUT2D eigenvalue weighted by atomic mass is 35.5. The maximum absolute atomic E-state index is 8.54. The van der Waals surface area contributed by atoms with Gasteiger partial charge < -0.3 is 0 Å². The Hall–Kier alpha value is -3.24. The Kier molecular flexibility index (Phi) is 2.04. The van der Waals surface area contributed by atoms with Gasteiger partial charge in [0.05, 0.1) is 22.0 Å². The number of rotatable bonds is 2. The van der Waals surface area contributed by atoms with Crippen LogP contribution < -0.4 is 0 Å². The summed E-state index contributed by atoms with van der Waals surface area (Å²) in [7, 11) is 0. The van der Waals surface area contributed by atoms with Gasteiger partial charge in [-0.3, -0.25) is 4.57 Å². The number of fused-ring (bicyclic) bond motifs is 3. The first-order valence-electron chi connectivity index (χ1n) is 11.6. The summed E-state index contributed by atoms with van der Waals surface area (Å²) in [5, 5.41) is -0.322. The second kappa shape index (κ2) is 5.93. The minimum atomic E-state index is -0.528. The van der Waals surface area contributed by atoms with Crippen molar-refractivity contribution < 1.29 is 11.0 Å². The summed E-state index contributed by atoms with van der Waals surface area (Å²) < 4.78 is 67.7. The summed E-state index contributed by atoms with van der Waals surface area (Å²) in [6, 6.07) is 5.00. The summed E-state index contributed by atoms with van der Waals surface area (Å²) in [5.74, 6) is 0.0428. The molecule has 2 heterocycles. The van der Waals surface area contributed by atoms with Crippen molar-refractivity contribution in [3.8, 4) is 17.3 Å². The Labute approximate surface area is 166 Å². The van der Waals surface area contributed by atoms with Gasteiger partial charge in [-0.15, -0.1) is 0 Å². The number of benzene rings is 3. The van der Waals surface area contributed by atoms with Crippen LogP contribution in [0.1, 0.15) is 11.0 Å². The van der Waals surface area contributed by atoms with Gasteiger partial charge in [0.2, 0.25) is 11.2 Å². The average Bonchev–Trinajstić information content (AvgIpc) is 3.20. The van der Waals surface area contributed by atoms with E-state index in [1.54, 1.807) is 24.3 Å². The Bertz CT molecular complexity index is 1580. The number of aromatic nitrogens is 4. The molecule has 0 saturated heterocycles. The fraction of sp³-hybridized carbons (Fsp3) is 0. The number of para-hydroxylation sites is 2. The standard InChI is InChI=1S/C21H13ClN4/c22-20-23-19(14-8-2-1-3-9-14)24-21(25-20)26-17-12-6-4-10-15(17)16-11-5-7-13-18(16)26/h1-13H/i4D,5D,6D,7D,10D,11D,12D,13D. The van der Waals surface area contributed by atoms with Gasteiger partial charge in [0.1, 0.15) is 0 Å². The van der Waals surface area contributed by atoms with Crippen molar-refractivity contribution in [3.05, 3.63) is 84.0 Å². The van der Waals surface area contributed by atoms with Crippen molar-refractivity contribution in [2.24, 2.45) is 0 Å². The van der Waals surface area contributed by atoms with Gasteiger partial charge in [0.25, 0.3) is 0 Å². The first-order valence-corrected chi connectivity index (χ1v) is 7.99. The molecule has 0 aliphatic carbocycles. The first-order chi connectivity index (χ1) is 16.1. The third-order valence-electron chi connectivity index (χ3n) is 3.86. The van der Waals surface area contributed by atoms with E-state index in [1.165, 1.54) is 4.57 Å². The highest BCUT2D eigenvalue weighted by molar-refractivity contribution is 6.28. The SMILES string of the molecule is [2H]c1c([2H])c([2H])c2c(c1[2H])c1c([2H])c([2H])c([2H])c([2H])c1n2-c1nc(Cl)nc(-c2ccccc2)n1. The molecule has 5 heteroatoms. The lowest BCUT2D eigenvalue weighted by molar-refractivity contribution is 0.947. The smallest absolute Gasteiger partial charge is 0.239 e. The Morgan fingerprint density at radius 1 is 0.769 bits per heavy atom. The topological polar surface area (TPSA) is 43.6 Å². The molecular weight excluding hydrogens is 344 g/mol. The number of nitrogens with zero attached hydrogens (tertiary/aromatic N) is 4. The average molecular weight is 365 g/mol. The molecule has 2 aromatic heterocycles. The minimum Gasteiger partial charge on any atom is -0.278 e. The summed E-state index contributed by atoms with van der Waals surface area (Å²) in [4.78, 5) is 12.7. The molecular formula is C21H13ClN4. The van der Waals surface area contributed by atoms with Crippen molar-refractivity contribution in [2.75, 3.05) is 0 Å². The van der Waals surface area contributed by atoms with Gasteiger partial charge in [-0.1, -0.05) is 66.6 Å². The molecule has 0 aliphatic heterocycles. The monoisotopic (exact) mass is 364 g/mol. The molecule has 0 unspecified atom stereocenters. The molecule has 5 rings (SSSR count). The molecule has 26 heavy (non-hydrogen) atoms. The lowest BCUT2D eigenvalue weighted by Crippen LogP contribution is -2.04. The van der Waals surface area contributed by atoms with Crippen LogP contribution in [0.15, 0.2) is 78.7 Å². The molecule has 0 amide bonds. The van der Waals surface area contributed by atoms with Gasteiger partial charge in [-0.25, -0.2) is 0 Å². The predicted molar refractivity (Wildman–Crippen MR) is 105 cm³/mol. The van der Waals surface area contributed by atoms with E-state index in [4.69, 9.17) is 22.6 Å². The quantitative estimate of drug-likeness (QED) is 0.427. The second-order valence-electron chi connectivity index (χ2n) is 5.38. The largest absolute Gasteiger partial charge is 0.278 e. The van der Waals surface area contributed by atoms with E-state index in [0.29, 0.717) is 5.56 Å². The third-order valence-corrected chi connectivity index (χ3v) is 4.03. The normalized spacial score (nSPS) is 15.6. The highest BCUT2D eigenvalue weighted by Gasteiger charge is 2.15. The number of hydrogen-bond donors (Lipinski definition) is 0. The molecule has 0 bridgehead atoms. The van der Waals surface area contributed by atoms with E-state index >= 15 is 0 Å². The van der Waals surface area contributed by atoms with Crippen LogP contribution in [0, 0.1) is 0 Å². The van der Waals surface area contributed by atoms with Crippen LogP contribution in [-0.4, -0.2) is 19.5 Å². The van der Waals surface area contributed by atoms with Crippen LogP contribution in [0.25, 0.3) is 39.1 Å². The molecule has 0 spiro atoms. The molecule has 0 aliphatic rings. The van der Waals surface area contributed by atoms with Gasteiger partial charge in [0, 0.05) is 16.3 Å². The summed E-state index contributed by atoms with van der Waals surface area (Å²) in [6.07, 6.45) is 0. The molecule has 0 saturated carbocycles. The molecule has 124 valence electrons. The van der Waals surface area contributed by atoms with Gasteiger partial charge in [-0.2, -0.15) is 15.0 Å². The fourth-order valence-corrected chi connectivity index (χ4v) is 2.93. The lowest BCUT2D eigenvalue weighted by atomic mass is 10.2. The zero-order valence-corrected chi connectivity index (χ0v) is 13.8. The molecule has 0 N–H and O–H groups in total. The van der Waals surface area contributed by atoms with Crippen LogP contribution in [0.3, 0.4) is 0 Å². The predicted octanol–water partition coefficient (Wildman–Crippen LogP) is 5.29. The molecule has 0 radical (unpaired) electrons.